The van der Waals surface area contributed by atoms with Crippen molar-refractivity contribution in [2.24, 2.45) is 5.10 Å². The van der Waals surface area contributed by atoms with Gasteiger partial charge in [-0.1, -0.05) is 6.07 Å². The van der Waals surface area contributed by atoms with Crippen LogP contribution in [-0.4, -0.2) is 29.7 Å². The number of aromatic hydroxyl groups is 1. The first kappa shape index (κ1) is 21.7. The minimum atomic E-state index is -0.531. The number of carbonyl (C=O) groups excluding carboxylic acids is 2. The third kappa shape index (κ3) is 6.22. The zero-order valence-electron chi connectivity index (χ0n) is 15.9. The Bertz CT molecular complexity index is 913. The first-order valence-electron chi connectivity index (χ1n) is 8.64. The maximum absolute atomic E-state index is 12.0. The van der Waals surface area contributed by atoms with Crippen LogP contribution in [0.3, 0.4) is 0 Å². The van der Waals surface area contributed by atoms with E-state index in [2.05, 4.69) is 15.8 Å². The summed E-state index contributed by atoms with van der Waals surface area (Å²) in [6.07, 6.45) is 1.07. The van der Waals surface area contributed by atoms with Crippen LogP contribution in [0.25, 0.3) is 0 Å². The number of nitrogens with one attached hydrogen (secondary N) is 2. The summed E-state index contributed by atoms with van der Waals surface area (Å²) in [5.41, 5.74) is 5.79. The van der Waals surface area contributed by atoms with Crippen LogP contribution < -0.4 is 15.5 Å². The molecule has 2 aromatic carbocycles. The smallest absolute Gasteiger partial charge is 0.249 e. The fourth-order valence-electron chi connectivity index (χ4n) is 2.32. The van der Waals surface area contributed by atoms with Crippen molar-refractivity contribution in [1.82, 2.24) is 5.43 Å². The van der Waals surface area contributed by atoms with Gasteiger partial charge in [0.15, 0.2) is 11.5 Å². The summed E-state index contributed by atoms with van der Waals surface area (Å²) in [4.78, 5) is 23.9. The highest BCUT2D eigenvalue weighted by Crippen LogP contribution is 2.32. The molecule has 0 atom stereocenters. The topological polar surface area (TPSA) is 100 Å². The van der Waals surface area contributed by atoms with Crippen molar-refractivity contribution in [1.29, 1.82) is 0 Å². The molecule has 0 radical (unpaired) electrons. The van der Waals surface area contributed by atoms with Gasteiger partial charge in [-0.2, -0.15) is 5.10 Å². The van der Waals surface area contributed by atoms with E-state index >= 15 is 0 Å². The van der Waals surface area contributed by atoms with Gasteiger partial charge < -0.3 is 15.2 Å². The first-order chi connectivity index (χ1) is 13.3. The second kappa shape index (κ2) is 10.1. The van der Waals surface area contributed by atoms with Crippen molar-refractivity contribution >= 4 is 46.3 Å². The van der Waals surface area contributed by atoms with E-state index < -0.39 is 11.8 Å². The fraction of sp³-hybridized carbons (Fsp3) is 0.250. The molecule has 0 saturated carbocycles. The van der Waals surface area contributed by atoms with E-state index in [9.17, 15) is 14.7 Å². The monoisotopic (exact) mass is 495 g/mol. The van der Waals surface area contributed by atoms with Crippen LogP contribution in [-0.2, 0) is 9.59 Å². The maximum Gasteiger partial charge on any atom is 0.249 e. The van der Waals surface area contributed by atoms with Gasteiger partial charge in [0.25, 0.3) is 0 Å². The molecular formula is C20H22IN3O4. The average molecular weight is 495 g/mol. The van der Waals surface area contributed by atoms with Crippen molar-refractivity contribution in [3.8, 4) is 11.5 Å². The molecule has 0 heterocycles. The van der Waals surface area contributed by atoms with Gasteiger partial charge in [-0.25, -0.2) is 5.43 Å². The van der Waals surface area contributed by atoms with E-state index in [4.69, 9.17) is 4.74 Å². The summed E-state index contributed by atoms with van der Waals surface area (Å²) < 4.78 is 5.95. The van der Waals surface area contributed by atoms with Gasteiger partial charge in [-0.3, -0.25) is 9.59 Å². The third-order valence-electron chi connectivity index (χ3n) is 3.87. The highest BCUT2D eigenvalue weighted by Gasteiger charge is 2.10. The molecule has 0 spiro atoms. The quantitative estimate of drug-likeness (QED) is 0.237. The molecule has 0 aromatic heterocycles. The Labute approximate surface area is 177 Å². The number of nitrogens with zero attached hydrogens (tertiary/aromatic N) is 1. The lowest BCUT2D eigenvalue weighted by Crippen LogP contribution is -2.24. The molecule has 2 rings (SSSR count). The molecule has 7 nitrogen and oxygen atoms in total. The summed E-state index contributed by atoms with van der Waals surface area (Å²) in [5, 5.41) is 16.5. The van der Waals surface area contributed by atoms with Crippen LogP contribution in [0.5, 0.6) is 11.5 Å². The number of phenols is 1. The Morgan fingerprint density at radius 1 is 1.18 bits per heavy atom. The van der Waals surface area contributed by atoms with Crippen molar-refractivity contribution in [2.45, 2.75) is 27.2 Å². The predicted molar refractivity (Wildman–Crippen MR) is 117 cm³/mol. The molecule has 0 saturated heterocycles. The Morgan fingerprint density at radius 2 is 1.93 bits per heavy atom. The fourth-order valence-corrected chi connectivity index (χ4v) is 2.95. The van der Waals surface area contributed by atoms with Crippen molar-refractivity contribution in [3.63, 3.8) is 0 Å². The molecule has 0 unspecified atom stereocenters. The van der Waals surface area contributed by atoms with Crippen LogP contribution in [0.2, 0.25) is 0 Å². The molecule has 28 heavy (non-hydrogen) atoms. The lowest BCUT2D eigenvalue weighted by Gasteiger charge is -2.08. The average Bonchev–Trinajstić information content (AvgIpc) is 2.62. The van der Waals surface area contributed by atoms with E-state index in [0.29, 0.717) is 27.2 Å². The van der Waals surface area contributed by atoms with Crippen LogP contribution in [0.15, 0.2) is 35.4 Å². The molecule has 2 amide bonds. The normalized spacial score (nSPS) is 10.7. The summed E-state index contributed by atoms with van der Waals surface area (Å²) in [6.45, 7) is 6.17. The number of hydrazone groups is 1. The van der Waals surface area contributed by atoms with E-state index in [0.717, 1.165) is 11.1 Å². The molecule has 148 valence electrons. The van der Waals surface area contributed by atoms with E-state index in [-0.39, 0.29) is 12.2 Å². The van der Waals surface area contributed by atoms with Gasteiger partial charge in [0.1, 0.15) is 6.42 Å². The zero-order valence-corrected chi connectivity index (χ0v) is 18.0. The standard InChI is InChI=1S/C20H22IN3O4/c1-4-28-17-9-14(8-16(21)20(17)27)11-22-24-19(26)10-18(25)23-15-6-5-12(2)13(3)7-15/h5-9,11,27H,4,10H2,1-3H3,(H,23,25)(H,24,26)/b22-11+. The second-order valence-corrected chi connectivity index (χ2v) is 7.26. The van der Waals surface area contributed by atoms with E-state index in [1.807, 2.05) is 55.5 Å². The van der Waals surface area contributed by atoms with Gasteiger partial charge in [0.05, 0.1) is 16.4 Å². The third-order valence-corrected chi connectivity index (χ3v) is 4.69. The number of ether oxygens (including phenoxy) is 1. The SMILES string of the molecule is CCOc1cc(/C=N/NC(=O)CC(=O)Nc2ccc(C)c(C)c2)cc(I)c1O. The van der Waals surface area contributed by atoms with Crippen LogP contribution in [0.1, 0.15) is 30.0 Å². The molecule has 0 fully saturated rings. The van der Waals surface area contributed by atoms with Gasteiger partial charge in [-0.05, 0) is 84.3 Å². The van der Waals surface area contributed by atoms with E-state index in [1.54, 1.807) is 18.2 Å². The summed E-state index contributed by atoms with van der Waals surface area (Å²) >= 11 is 1.98. The van der Waals surface area contributed by atoms with Crippen molar-refractivity contribution < 1.29 is 19.4 Å². The van der Waals surface area contributed by atoms with Crippen LogP contribution >= 0.6 is 22.6 Å². The minimum Gasteiger partial charge on any atom is -0.504 e. The highest BCUT2D eigenvalue weighted by molar-refractivity contribution is 14.1. The first-order valence-corrected chi connectivity index (χ1v) is 9.72. The molecule has 8 heteroatoms. The van der Waals surface area contributed by atoms with Crippen molar-refractivity contribution in [3.05, 3.63) is 50.6 Å². The highest BCUT2D eigenvalue weighted by atomic mass is 127. The summed E-state index contributed by atoms with van der Waals surface area (Å²) in [6, 6.07) is 8.86. The number of rotatable bonds is 7. The van der Waals surface area contributed by atoms with Crippen LogP contribution in [0.4, 0.5) is 5.69 Å². The second-order valence-electron chi connectivity index (χ2n) is 6.10. The van der Waals surface area contributed by atoms with Gasteiger partial charge in [-0.15, -0.1) is 0 Å². The lowest BCUT2D eigenvalue weighted by molar-refractivity contribution is -0.126. The molecule has 0 aliphatic rings. The van der Waals surface area contributed by atoms with Gasteiger partial charge >= 0.3 is 0 Å². The number of hydrogen-bond donors (Lipinski definition) is 3. The van der Waals surface area contributed by atoms with Gasteiger partial charge in [0.2, 0.25) is 11.8 Å². The van der Waals surface area contributed by atoms with Gasteiger partial charge in [0, 0.05) is 5.69 Å². The molecule has 0 aliphatic carbocycles. The van der Waals surface area contributed by atoms with Crippen LogP contribution in [0, 0.1) is 17.4 Å². The Hall–Kier alpha value is -2.62. The number of amides is 2. The summed E-state index contributed by atoms with van der Waals surface area (Å²) in [5.74, 6) is -0.550. The molecule has 3 N–H and O–H groups in total. The maximum atomic E-state index is 12.0. The molecule has 0 bridgehead atoms. The number of halogens is 1. The lowest BCUT2D eigenvalue weighted by atomic mass is 10.1. The Balaban J connectivity index is 1.91. The number of hydrogen-bond acceptors (Lipinski definition) is 5. The molecule has 2 aromatic rings. The Morgan fingerprint density at radius 3 is 2.61 bits per heavy atom. The Kier molecular flexibility index (Phi) is 7.80. The number of benzene rings is 2. The minimum absolute atomic E-state index is 0.0617. The predicted octanol–water partition coefficient (Wildman–Crippen LogP) is 3.49. The summed E-state index contributed by atoms with van der Waals surface area (Å²) in [7, 11) is 0. The molecular weight excluding hydrogens is 473 g/mol. The number of anilines is 1. The number of aryl methyl sites for hydroxylation is 2. The van der Waals surface area contributed by atoms with E-state index in [1.165, 1.54) is 6.21 Å². The largest absolute Gasteiger partial charge is 0.504 e. The number of phenolic OH excluding ortho intramolecular Hbond substituents is 1. The van der Waals surface area contributed by atoms with Crippen molar-refractivity contribution in [2.75, 3.05) is 11.9 Å². The zero-order chi connectivity index (χ0) is 20.7. The molecule has 0 aliphatic heterocycles. The number of carbonyl (C=O) groups is 2.